The van der Waals surface area contributed by atoms with E-state index in [0.717, 1.165) is 11.1 Å². The number of aryl methyl sites for hydroxylation is 1. The minimum atomic E-state index is -3.69. The van der Waals surface area contributed by atoms with Gasteiger partial charge in [-0.05, 0) is 36.8 Å². The second-order valence-electron chi connectivity index (χ2n) is 7.21. The van der Waals surface area contributed by atoms with Gasteiger partial charge in [-0.25, -0.2) is 8.42 Å². The van der Waals surface area contributed by atoms with Crippen LogP contribution in [0, 0.1) is 12.3 Å². The quantitative estimate of drug-likeness (QED) is 0.720. The molecule has 1 aliphatic carbocycles. The number of nitrogens with two attached hydrogens (primary N) is 1. The number of hydrogen-bond acceptors (Lipinski definition) is 6. The number of thiocarbonyl (C=S) groups is 1. The van der Waals surface area contributed by atoms with Crippen molar-refractivity contribution in [1.82, 2.24) is 0 Å². The Hall–Kier alpha value is -2.16. The van der Waals surface area contributed by atoms with Crippen molar-refractivity contribution in [2.45, 2.75) is 23.0 Å². The molecule has 0 unspecified atom stereocenters. The van der Waals surface area contributed by atoms with Gasteiger partial charge in [-0.1, -0.05) is 36.0 Å². The van der Waals surface area contributed by atoms with E-state index in [1.807, 2.05) is 13.0 Å². The summed E-state index contributed by atoms with van der Waals surface area (Å²) in [5, 5.41) is -0.805. The van der Waals surface area contributed by atoms with Gasteiger partial charge in [0.25, 0.3) is 0 Å². The van der Waals surface area contributed by atoms with E-state index in [-0.39, 0.29) is 23.3 Å². The SMILES string of the molecule is COC[C@]1(C(N)=S)[C@H](c2ccc3c(c2)OCO3)[C@H]1S(=O)(=O)c1ccc(C)cc1. The zero-order valence-electron chi connectivity index (χ0n) is 15.5. The molecule has 1 saturated carbocycles. The van der Waals surface area contributed by atoms with E-state index in [9.17, 15) is 8.42 Å². The summed E-state index contributed by atoms with van der Waals surface area (Å²) in [7, 11) is -2.17. The summed E-state index contributed by atoms with van der Waals surface area (Å²) < 4.78 is 43.2. The maximum atomic E-state index is 13.5. The minimum absolute atomic E-state index is 0.122. The first kappa shape index (κ1) is 19.2. The molecule has 1 heterocycles. The van der Waals surface area contributed by atoms with Crippen LogP contribution in [0.15, 0.2) is 47.4 Å². The van der Waals surface area contributed by atoms with Crippen molar-refractivity contribution < 1.29 is 22.6 Å². The van der Waals surface area contributed by atoms with Gasteiger partial charge in [-0.2, -0.15) is 0 Å². The molecule has 6 nitrogen and oxygen atoms in total. The maximum Gasteiger partial charge on any atom is 0.231 e. The maximum absolute atomic E-state index is 13.5. The van der Waals surface area contributed by atoms with Crippen LogP contribution < -0.4 is 15.2 Å². The first-order valence-electron chi connectivity index (χ1n) is 8.81. The summed E-state index contributed by atoms with van der Waals surface area (Å²) >= 11 is 5.33. The molecule has 0 spiro atoms. The van der Waals surface area contributed by atoms with Crippen LogP contribution in [0.4, 0.5) is 0 Å². The van der Waals surface area contributed by atoms with Gasteiger partial charge in [0.2, 0.25) is 6.79 Å². The average molecular weight is 420 g/mol. The van der Waals surface area contributed by atoms with Crippen molar-refractivity contribution in [2.24, 2.45) is 11.1 Å². The summed E-state index contributed by atoms with van der Waals surface area (Å²) in [6, 6.07) is 12.2. The molecule has 0 bridgehead atoms. The van der Waals surface area contributed by atoms with Crippen LogP contribution in [0.1, 0.15) is 17.0 Å². The molecule has 2 aliphatic rings. The summed E-state index contributed by atoms with van der Waals surface area (Å²) in [5.74, 6) is 0.797. The van der Waals surface area contributed by atoms with Gasteiger partial charge in [0.1, 0.15) is 0 Å². The van der Waals surface area contributed by atoms with Crippen molar-refractivity contribution >= 4 is 27.0 Å². The third kappa shape index (κ3) is 2.78. The topological polar surface area (TPSA) is 87.8 Å². The lowest BCUT2D eigenvalue weighted by molar-refractivity contribution is 0.166. The molecule has 0 saturated heterocycles. The third-order valence-corrected chi connectivity index (χ3v) is 8.21. The number of methoxy groups -OCH3 is 1. The van der Waals surface area contributed by atoms with Crippen LogP contribution in [0.5, 0.6) is 11.5 Å². The highest BCUT2D eigenvalue weighted by molar-refractivity contribution is 7.92. The van der Waals surface area contributed by atoms with E-state index >= 15 is 0 Å². The Balaban J connectivity index is 1.81. The fourth-order valence-electron chi connectivity index (χ4n) is 4.09. The lowest BCUT2D eigenvalue weighted by Gasteiger charge is -2.16. The molecule has 2 N–H and O–H groups in total. The third-order valence-electron chi connectivity index (χ3n) is 5.54. The lowest BCUT2D eigenvalue weighted by atomic mass is 9.99. The van der Waals surface area contributed by atoms with Gasteiger partial charge in [0, 0.05) is 13.0 Å². The molecule has 148 valence electrons. The number of ether oxygens (including phenoxy) is 3. The Morgan fingerprint density at radius 1 is 1.21 bits per heavy atom. The first-order valence-corrected chi connectivity index (χ1v) is 10.8. The molecule has 4 rings (SSSR count). The van der Waals surface area contributed by atoms with Crippen molar-refractivity contribution in [3.63, 3.8) is 0 Å². The van der Waals surface area contributed by atoms with Crippen molar-refractivity contribution in [1.29, 1.82) is 0 Å². The van der Waals surface area contributed by atoms with Gasteiger partial charge in [0.15, 0.2) is 21.3 Å². The van der Waals surface area contributed by atoms with E-state index in [1.165, 1.54) is 7.11 Å². The minimum Gasteiger partial charge on any atom is -0.454 e. The fourth-order valence-corrected chi connectivity index (χ4v) is 6.86. The van der Waals surface area contributed by atoms with Crippen LogP contribution in [0.3, 0.4) is 0 Å². The van der Waals surface area contributed by atoms with Crippen LogP contribution >= 0.6 is 12.2 Å². The number of rotatable bonds is 6. The lowest BCUT2D eigenvalue weighted by Crippen LogP contribution is -2.33. The van der Waals surface area contributed by atoms with Crippen LogP contribution in [-0.2, 0) is 14.6 Å². The highest BCUT2D eigenvalue weighted by Gasteiger charge is 2.73. The molecule has 0 amide bonds. The smallest absolute Gasteiger partial charge is 0.231 e. The van der Waals surface area contributed by atoms with Crippen molar-refractivity contribution in [2.75, 3.05) is 20.5 Å². The fraction of sp³-hybridized carbons (Fsp3) is 0.350. The highest BCUT2D eigenvalue weighted by atomic mass is 32.2. The van der Waals surface area contributed by atoms with Gasteiger partial charge in [-0.3, -0.25) is 0 Å². The predicted octanol–water partition coefficient (Wildman–Crippen LogP) is 2.58. The molecule has 1 fully saturated rings. The monoisotopic (exact) mass is 419 g/mol. The van der Waals surface area contributed by atoms with E-state index in [0.29, 0.717) is 11.5 Å². The predicted molar refractivity (Wildman–Crippen MR) is 109 cm³/mol. The molecule has 0 radical (unpaired) electrons. The molecular weight excluding hydrogens is 398 g/mol. The molecule has 3 atom stereocenters. The molecule has 8 heteroatoms. The van der Waals surface area contributed by atoms with E-state index in [1.54, 1.807) is 36.4 Å². The van der Waals surface area contributed by atoms with Gasteiger partial charge >= 0.3 is 0 Å². The summed E-state index contributed by atoms with van der Waals surface area (Å²) in [6.07, 6.45) is 0. The standard InChI is InChI=1S/C20H21NO5S2/c1-12-3-6-14(7-4-12)28(22,23)18-17(20(18,10-24-2)19(21)27)13-5-8-15-16(9-13)26-11-25-15/h3-9,17-18H,10-11H2,1-2H3,(H2,21,27)/t17-,18-,20+/m1/s1. The second-order valence-corrected chi connectivity index (χ2v) is 9.72. The zero-order chi connectivity index (χ0) is 20.1. The van der Waals surface area contributed by atoms with Gasteiger partial charge in [-0.15, -0.1) is 0 Å². The molecule has 1 aliphatic heterocycles. The van der Waals surface area contributed by atoms with Crippen molar-refractivity contribution in [3.8, 4) is 11.5 Å². The highest BCUT2D eigenvalue weighted by Crippen LogP contribution is 2.65. The van der Waals surface area contributed by atoms with Crippen LogP contribution in [0.25, 0.3) is 0 Å². The Bertz CT molecular complexity index is 1040. The number of hydrogen-bond donors (Lipinski definition) is 1. The summed E-state index contributed by atoms with van der Waals surface area (Å²) in [6.45, 7) is 2.18. The summed E-state index contributed by atoms with van der Waals surface area (Å²) in [4.78, 5) is 0.390. The number of fused-ring (bicyclic) bond motifs is 1. The molecular formula is C20H21NO5S2. The molecule has 2 aromatic rings. The zero-order valence-corrected chi connectivity index (χ0v) is 17.2. The molecule has 28 heavy (non-hydrogen) atoms. The first-order chi connectivity index (χ1) is 13.3. The van der Waals surface area contributed by atoms with Crippen LogP contribution in [-0.4, -0.2) is 39.2 Å². The van der Waals surface area contributed by atoms with Crippen molar-refractivity contribution in [3.05, 3.63) is 53.6 Å². The molecule has 0 aromatic heterocycles. The second kappa shape index (κ2) is 6.72. The Morgan fingerprint density at radius 2 is 1.89 bits per heavy atom. The van der Waals surface area contributed by atoms with Crippen LogP contribution in [0.2, 0.25) is 0 Å². The Morgan fingerprint density at radius 3 is 2.54 bits per heavy atom. The van der Waals surface area contributed by atoms with E-state index in [4.69, 9.17) is 32.2 Å². The van der Waals surface area contributed by atoms with E-state index < -0.39 is 26.4 Å². The normalized spacial score (nSPS) is 25.5. The Labute approximate surface area is 169 Å². The van der Waals surface area contributed by atoms with Gasteiger partial charge in [0.05, 0.1) is 27.2 Å². The molecule has 2 aromatic carbocycles. The average Bonchev–Trinajstić information content (AvgIpc) is 3.13. The number of benzene rings is 2. The largest absolute Gasteiger partial charge is 0.454 e. The Kier molecular flexibility index (Phi) is 4.60. The summed E-state index contributed by atoms with van der Waals surface area (Å²) in [5.41, 5.74) is 6.88. The van der Waals surface area contributed by atoms with Gasteiger partial charge < -0.3 is 19.9 Å². The number of sulfone groups is 1. The van der Waals surface area contributed by atoms with E-state index in [2.05, 4.69) is 0 Å².